The first-order valence-corrected chi connectivity index (χ1v) is 28.8. The lowest BCUT2D eigenvalue weighted by Gasteiger charge is -2.27. The molecule has 0 aliphatic rings. The Morgan fingerprint density at radius 2 is 0.699 bits per heavy atom. The lowest BCUT2D eigenvalue weighted by atomic mass is 9.93. The van der Waals surface area contributed by atoms with Gasteiger partial charge in [-0.05, 0) is 81.2 Å². The molecule has 0 unspecified atom stereocenters. The van der Waals surface area contributed by atoms with Gasteiger partial charge in [0.1, 0.15) is 23.3 Å². The Morgan fingerprint density at radius 3 is 1.23 bits per heavy atom. The molecule has 6 nitrogen and oxygen atoms in total. The number of hydrogen-bond acceptors (Lipinski definition) is 3. The highest BCUT2D eigenvalue weighted by Crippen LogP contribution is 2.51. The van der Waals surface area contributed by atoms with Gasteiger partial charge in [0.05, 0.1) is 71.6 Å². The highest BCUT2D eigenvalue weighted by Gasteiger charge is 2.35. The molecule has 0 fully saturated rings. The van der Waals surface area contributed by atoms with Crippen LogP contribution in [0, 0.1) is 22.7 Å². The number of nitrogens with zero attached hydrogens (tertiary/aromatic N) is 6. The minimum absolute atomic E-state index is 0.370. The molecular weight excluding hydrogens is 1030 g/mol. The maximum Gasteiger partial charge on any atom is 0.104 e. The second-order valence-corrected chi connectivity index (χ2v) is 22.7. The second-order valence-electron chi connectivity index (χ2n) is 21.7. The van der Waals surface area contributed by atoms with Crippen LogP contribution in [0.1, 0.15) is 11.1 Å². The normalized spacial score (nSPS) is 12.1. The van der Waals surface area contributed by atoms with E-state index in [2.05, 4.69) is 285 Å². The van der Waals surface area contributed by atoms with Crippen LogP contribution >= 0.6 is 11.3 Å². The summed E-state index contributed by atoms with van der Waals surface area (Å²) in [7, 11) is 0. The van der Waals surface area contributed by atoms with Crippen molar-refractivity contribution in [3.8, 4) is 46.0 Å². The maximum absolute atomic E-state index is 12.8. The monoisotopic (exact) mass is 1070 g/mol. The van der Waals surface area contributed by atoms with Crippen molar-refractivity contribution in [2.24, 2.45) is 0 Å². The molecule has 0 N–H and O–H groups in total. The van der Waals surface area contributed by atoms with Crippen molar-refractivity contribution in [3.63, 3.8) is 0 Å². The van der Waals surface area contributed by atoms with Crippen LogP contribution in [0.15, 0.2) is 255 Å². The van der Waals surface area contributed by atoms with Crippen LogP contribution in [-0.2, 0) is 0 Å². The predicted octanol–water partition coefficient (Wildman–Crippen LogP) is 20.2. The number of para-hydroxylation sites is 6. The van der Waals surface area contributed by atoms with Crippen molar-refractivity contribution < 1.29 is 0 Å². The molecule has 5 aromatic heterocycles. The smallest absolute Gasteiger partial charge is 0.104 e. The Kier molecular flexibility index (Phi) is 9.42. The van der Waals surface area contributed by atoms with Gasteiger partial charge in [0.25, 0.3) is 0 Å². The van der Waals surface area contributed by atoms with E-state index in [4.69, 9.17) is 0 Å². The maximum atomic E-state index is 12.8. The standard InChI is InChI=1S/C76H42N6S/c77-43-60-71(79-62-29-10-3-21-50(62)51-22-4-11-30-63(51)79)61(44-78)73(81-66-33-14-7-25-54(66)55-26-8-15-34-67(55)81)75(72(60)80-64-31-12-5-23-52(64)53-24-6-13-32-65(53)80)82-68-42-47(49-28-17-19-46-37-36-45-18-1-2-20-48(45)70(46)49)38-39-56(68)58-40-41-59-57-27-9-16-35-69(57)83-76(59)74(58)82/h1-42H. The summed E-state index contributed by atoms with van der Waals surface area (Å²) in [6.07, 6.45) is 0. The summed E-state index contributed by atoms with van der Waals surface area (Å²) in [5.41, 5.74) is 13.0. The average Bonchev–Trinajstić information content (AvgIpc) is 2.07. The van der Waals surface area contributed by atoms with Crippen molar-refractivity contribution in [1.29, 1.82) is 10.5 Å². The van der Waals surface area contributed by atoms with Crippen LogP contribution in [0.5, 0.6) is 0 Å². The molecule has 382 valence electrons. The first kappa shape index (κ1) is 45.6. The molecule has 0 radical (unpaired) electrons. The zero-order valence-electron chi connectivity index (χ0n) is 44.3. The molecule has 0 aliphatic carbocycles. The molecule has 0 spiro atoms. The molecule has 5 heterocycles. The minimum atomic E-state index is 0.370. The van der Waals surface area contributed by atoms with Gasteiger partial charge in [-0.3, -0.25) is 0 Å². The van der Waals surface area contributed by atoms with Crippen LogP contribution in [-0.4, -0.2) is 18.3 Å². The van der Waals surface area contributed by atoms with Gasteiger partial charge in [-0.2, -0.15) is 10.5 Å². The van der Waals surface area contributed by atoms with E-state index in [9.17, 15) is 10.5 Å². The Bertz CT molecular complexity index is 5670. The van der Waals surface area contributed by atoms with E-state index in [1.165, 1.54) is 26.2 Å². The summed E-state index contributed by atoms with van der Waals surface area (Å²) < 4.78 is 11.6. The summed E-state index contributed by atoms with van der Waals surface area (Å²) >= 11 is 1.79. The molecule has 7 heteroatoms. The quantitative estimate of drug-likeness (QED) is 0.161. The van der Waals surface area contributed by atoms with Crippen molar-refractivity contribution in [3.05, 3.63) is 266 Å². The van der Waals surface area contributed by atoms with Crippen molar-refractivity contribution >= 4 is 140 Å². The van der Waals surface area contributed by atoms with Crippen LogP contribution in [0.3, 0.4) is 0 Å². The van der Waals surface area contributed by atoms with Crippen molar-refractivity contribution in [2.45, 2.75) is 0 Å². The molecule has 13 aromatic carbocycles. The molecule has 0 saturated heterocycles. The van der Waals surface area contributed by atoms with Gasteiger partial charge < -0.3 is 18.3 Å². The third-order valence-corrected chi connectivity index (χ3v) is 18.8. The Labute approximate surface area is 478 Å². The third kappa shape index (κ3) is 6.13. The molecule has 0 saturated carbocycles. The number of thiophene rings is 1. The number of fused-ring (bicyclic) bond motifs is 19. The van der Waals surface area contributed by atoms with Gasteiger partial charge >= 0.3 is 0 Å². The summed E-state index contributed by atoms with van der Waals surface area (Å²) in [6, 6.07) is 96.9. The molecule has 18 aromatic rings. The summed E-state index contributed by atoms with van der Waals surface area (Å²) in [6.45, 7) is 0. The zero-order valence-corrected chi connectivity index (χ0v) is 45.2. The molecule has 0 aliphatic heterocycles. The third-order valence-electron chi connectivity index (χ3n) is 17.6. The zero-order chi connectivity index (χ0) is 54.6. The molecular formula is C76H42N6S. The summed E-state index contributed by atoms with van der Waals surface area (Å²) in [4.78, 5) is 0. The lowest BCUT2D eigenvalue weighted by Crippen LogP contribution is -2.17. The molecule has 0 amide bonds. The van der Waals surface area contributed by atoms with E-state index in [0.717, 1.165) is 114 Å². The second kappa shape index (κ2) is 17.1. The van der Waals surface area contributed by atoms with E-state index >= 15 is 0 Å². The Balaban J connectivity index is 1.15. The first-order valence-electron chi connectivity index (χ1n) is 28.0. The van der Waals surface area contributed by atoms with Gasteiger partial charge in [0, 0.05) is 58.6 Å². The van der Waals surface area contributed by atoms with E-state index in [-0.39, 0.29) is 0 Å². The SMILES string of the molecule is N#Cc1c(-n2c3ccccc3c3ccccc32)c(C#N)c(-n2c3ccccc3c3ccccc32)c(-n2c3cc(-c4cccc5ccc6ccccc6c45)ccc3c3ccc4c5ccccc5sc4c32)c1-n1c2ccccc2c2ccccc21. The van der Waals surface area contributed by atoms with E-state index in [1.807, 2.05) is 0 Å². The molecule has 83 heavy (non-hydrogen) atoms. The van der Waals surface area contributed by atoms with E-state index < -0.39 is 0 Å². The molecule has 18 rings (SSSR count). The minimum Gasteiger partial charge on any atom is -0.306 e. The molecule has 0 bridgehead atoms. The number of aromatic nitrogens is 4. The van der Waals surface area contributed by atoms with Crippen LogP contribution in [0.2, 0.25) is 0 Å². The van der Waals surface area contributed by atoms with Crippen molar-refractivity contribution in [2.75, 3.05) is 0 Å². The predicted molar refractivity (Wildman–Crippen MR) is 347 cm³/mol. The van der Waals surface area contributed by atoms with E-state index in [0.29, 0.717) is 33.9 Å². The molecule has 0 atom stereocenters. The van der Waals surface area contributed by atoms with Gasteiger partial charge in [0.15, 0.2) is 0 Å². The van der Waals surface area contributed by atoms with Gasteiger partial charge in [-0.25, -0.2) is 0 Å². The highest BCUT2D eigenvalue weighted by molar-refractivity contribution is 7.26. The van der Waals surface area contributed by atoms with Gasteiger partial charge in [-0.15, -0.1) is 11.3 Å². The fourth-order valence-electron chi connectivity index (χ4n) is 14.2. The average molecular weight is 1070 g/mol. The highest BCUT2D eigenvalue weighted by atomic mass is 32.1. The van der Waals surface area contributed by atoms with E-state index in [1.54, 1.807) is 11.3 Å². The van der Waals surface area contributed by atoms with Gasteiger partial charge in [0.2, 0.25) is 0 Å². The van der Waals surface area contributed by atoms with Crippen LogP contribution < -0.4 is 0 Å². The van der Waals surface area contributed by atoms with Crippen molar-refractivity contribution in [1.82, 2.24) is 18.3 Å². The lowest BCUT2D eigenvalue weighted by molar-refractivity contribution is 1.02. The van der Waals surface area contributed by atoms with Crippen LogP contribution in [0.25, 0.3) is 163 Å². The van der Waals surface area contributed by atoms with Gasteiger partial charge in [-0.1, -0.05) is 206 Å². The topological polar surface area (TPSA) is 67.3 Å². The Hall–Kier alpha value is -11.2. The first-order chi connectivity index (χ1) is 41.2. The fraction of sp³-hybridized carbons (Fsp3) is 0. The number of nitriles is 2. The Morgan fingerprint density at radius 1 is 0.289 bits per heavy atom. The summed E-state index contributed by atoms with van der Waals surface area (Å²) in [5.74, 6) is 0. The van der Waals surface area contributed by atoms with Crippen LogP contribution in [0.4, 0.5) is 0 Å². The summed E-state index contributed by atoms with van der Waals surface area (Å²) in [5, 5.41) is 41.0. The fourth-order valence-corrected chi connectivity index (χ4v) is 15.5. The number of hydrogen-bond donors (Lipinski definition) is 0. The largest absolute Gasteiger partial charge is 0.306 e. The number of rotatable bonds is 5. The number of benzene rings is 13.